The summed E-state index contributed by atoms with van der Waals surface area (Å²) in [4.78, 5) is 3.77. The number of nitrogen functional groups attached to an aromatic ring is 1. The molecule has 0 atom stereocenters. The van der Waals surface area contributed by atoms with Crippen molar-refractivity contribution in [3.05, 3.63) is 47.1 Å². The average Bonchev–Trinajstić information content (AvgIpc) is 2.23. The molecule has 0 aliphatic heterocycles. The van der Waals surface area contributed by atoms with E-state index in [2.05, 4.69) is 4.98 Å². The van der Waals surface area contributed by atoms with Crippen LogP contribution in [0.25, 0.3) is 0 Å². The van der Waals surface area contributed by atoms with E-state index in [1.165, 1.54) is 24.3 Å². The van der Waals surface area contributed by atoms with Crippen LogP contribution >= 0.6 is 11.6 Å². The summed E-state index contributed by atoms with van der Waals surface area (Å²) in [6.45, 7) is 0. The molecule has 1 aromatic heterocycles. The Morgan fingerprint density at radius 3 is 2.71 bits per heavy atom. The summed E-state index contributed by atoms with van der Waals surface area (Å²) in [6.07, 6.45) is 0. The lowest BCUT2D eigenvalue weighted by Crippen LogP contribution is -1.95. The Bertz CT molecular complexity index is 543. The average molecular weight is 257 g/mol. The Hall–Kier alpha value is -1.88. The highest BCUT2D eigenvalue weighted by atomic mass is 35.5. The minimum atomic E-state index is -1.09. The molecule has 0 spiro atoms. The molecule has 3 nitrogen and oxygen atoms in total. The third-order valence-electron chi connectivity index (χ3n) is 1.92. The van der Waals surface area contributed by atoms with Gasteiger partial charge in [-0.1, -0.05) is 17.7 Å². The minimum Gasteiger partial charge on any atom is -0.436 e. The van der Waals surface area contributed by atoms with E-state index in [9.17, 15) is 8.78 Å². The molecule has 0 fully saturated rings. The fourth-order valence-corrected chi connectivity index (χ4v) is 1.43. The van der Waals surface area contributed by atoms with Gasteiger partial charge in [-0.15, -0.1) is 0 Å². The van der Waals surface area contributed by atoms with Gasteiger partial charge in [-0.2, -0.15) is 4.39 Å². The van der Waals surface area contributed by atoms with Gasteiger partial charge >= 0.3 is 0 Å². The van der Waals surface area contributed by atoms with Crippen LogP contribution in [-0.2, 0) is 0 Å². The van der Waals surface area contributed by atoms with Crippen molar-refractivity contribution in [3.8, 4) is 11.6 Å². The van der Waals surface area contributed by atoms with Crippen LogP contribution in [0.5, 0.6) is 11.6 Å². The van der Waals surface area contributed by atoms with Gasteiger partial charge in [0.25, 0.3) is 0 Å². The van der Waals surface area contributed by atoms with Crippen LogP contribution in [0.15, 0.2) is 30.3 Å². The van der Waals surface area contributed by atoms with Gasteiger partial charge < -0.3 is 10.5 Å². The molecule has 0 saturated carbocycles. The zero-order valence-corrected chi connectivity index (χ0v) is 9.21. The summed E-state index contributed by atoms with van der Waals surface area (Å²) < 4.78 is 31.3. The number of anilines is 1. The molecule has 2 aromatic rings. The normalized spacial score (nSPS) is 10.3. The van der Waals surface area contributed by atoms with E-state index >= 15 is 0 Å². The molecule has 0 aliphatic carbocycles. The van der Waals surface area contributed by atoms with E-state index in [4.69, 9.17) is 22.1 Å². The Labute approximate surface area is 101 Å². The van der Waals surface area contributed by atoms with Gasteiger partial charge in [0.15, 0.2) is 11.6 Å². The number of benzene rings is 1. The predicted octanol–water partition coefficient (Wildman–Crippen LogP) is 3.39. The number of nitrogens with two attached hydrogens (primary N) is 1. The van der Waals surface area contributed by atoms with E-state index in [-0.39, 0.29) is 16.8 Å². The van der Waals surface area contributed by atoms with Crippen LogP contribution in [0.2, 0.25) is 5.15 Å². The Morgan fingerprint density at radius 2 is 2.00 bits per heavy atom. The SMILES string of the molecule is Nc1cc(Cl)nc(Oc2cccc(F)c2F)c1. The van der Waals surface area contributed by atoms with Gasteiger partial charge in [-0.3, -0.25) is 0 Å². The highest BCUT2D eigenvalue weighted by molar-refractivity contribution is 6.29. The third-order valence-corrected chi connectivity index (χ3v) is 2.12. The number of pyridine rings is 1. The van der Waals surface area contributed by atoms with Crippen molar-refractivity contribution in [1.82, 2.24) is 4.98 Å². The fourth-order valence-electron chi connectivity index (χ4n) is 1.22. The molecule has 2 N–H and O–H groups in total. The molecule has 2 rings (SSSR count). The second kappa shape index (κ2) is 4.55. The summed E-state index contributed by atoms with van der Waals surface area (Å²) in [5.41, 5.74) is 5.83. The molecule has 1 aromatic carbocycles. The fraction of sp³-hybridized carbons (Fsp3) is 0. The van der Waals surface area contributed by atoms with E-state index in [1.807, 2.05) is 0 Å². The van der Waals surface area contributed by atoms with E-state index in [1.54, 1.807) is 0 Å². The quantitative estimate of drug-likeness (QED) is 0.838. The van der Waals surface area contributed by atoms with Crippen LogP contribution in [0, 0.1) is 11.6 Å². The first-order chi connectivity index (χ1) is 8.06. The maximum Gasteiger partial charge on any atom is 0.222 e. The van der Waals surface area contributed by atoms with Crippen molar-refractivity contribution in [2.75, 3.05) is 5.73 Å². The molecule has 0 amide bonds. The summed E-state index contributed by atoms with van der Waals surface area (Å²) >= 11 is 5.65. The number of rotatable bonds is 2. The number of halogens is 3. The second-order valence-electron chi connectivity index (χ2n) is 3.22. The van der Waals surface area contributed by atoms with Gasteiger partial charge in [0, 0.05) is 11.8 Å². The van der Waals surface area contributed by atoms with Crippen LogP contribution in [0.1, 0.15) is 0 Å². The van der Waals surface area contributed by atoms with Crippen molar-refractivity contribution >= 4 is 17.3 Å². The smallest absolute Gasteiger partial charge is 0.222 e. The molecule has 17 heavy (non-hydrogen) atoms. The predicted molar refractivity (Wildman–Crippen MR) is 60.1 cm³/mol. The molecular weight excluding hydrogens is 250 g/mol. The van der Waals surface area contributed by atoms with Crippen LogP contribution < -0.4 is 10.5 Å². The molecule has 0 unspecified atom stereocenters. The maximum atomic E-state index is 13.3. The zero-order chi connectivity index (χ0) is 12.4. The molecule has 0 aliphatic rings. The lowest BCUT2D eigenvalue weighted by Gasteiger charge is -2.07. The van der Waals surface area contributed by atoms with Crippen molar-refractivity contribution < 1.29 is 13.5 Å². The van der Waals surface area contributed by atoms with Crippen LogP contribution in [-0.4, -0.2) is 4.98 Å². The highest BCUT2D eigenvalue weighted by Gasteiger charge is 2.10. The number of ether oxygens (including phenoxy) is 1. The Kier molecular flexibility index (Phi) is 3.10. The lowest BCUT2D eigenvalue weighted by atomic mass is 10.3. The maximum absolute atomic E-state index is 13.3. The van der Waals surface area contributed by atoms with E-state index in [0.717, 1.165) is 6.07 Å². The van der Waals surface area contributed by atoms with Gasteiger partial charge in [-0.25, -0.2) is 9.37 Å². The zero-order valence-electron chi connectivity index (χ0n) is 8.45. The Balaban J connectivity index is 2.34. The van der Waals surface area contributed by atoms with Gasteiger partial charge in [-0.05, 0) is 18.2 Å². The minimum absolute atomic E-state index is 0.000463. The van der Waals surface area contributed by atoms with E-state index < -0.39 is 11.6 Å². The first kappa shape index (κ1) is 11.6. The summed E-state index contributed by atoms with van der Waals surface area (Å²) in [6, 6.07) is 6.35. The van der Waals surface area contributed by atoms with E-state index in [0.29, 0.717) is 5.69 Å². The monoisotopic (exact) mass is 256 g/mol. The van der Waals surface area contributed by atoms with Gasteiger partial charge in [0.2, 0.25) is 11.7 Å². The third kappa shape index (κ3) is 2.62. The van der Waals surface area contributed by atoms with Crippen molar-refractivity contribution in [3.63, 3.8) is 0 Å². The molecule has 0 bridgehead atoms. The van der Waals surface area contributed by atoms with Crippen LogP contribution in [0.4, 0.5) is 14.5 Å². The molecule has 1 heterocycles. The first-order valence-electron chi connectivity index (χ1n) is 4.61. The molecule has 0 saturated heterocycles. The van der Waals surface area contributed by atoms with Crippen molar-refractivity contribution in [2.24, 2.45) is 0 Å². The molecule has 6 heteroatoms. The Morgan fingerprint density at radius 1 is 1.24 bits per heavy atom. The highest BCUT2D eigenvalue weighted by Crippen LogP contribution is 2.26. The summed E-state index contributed by atoms with van der Waals surface area (Å²) in [5, 5.41) is 0.108. The van der Waals surface area contributed by atoms with Gasteiger partial charge in [0.1, 0.15) is 5.15 Å². The summed E-state index contributed by atoms with van der Waals surface area (Å²) in [7, 11) is 0. The number of hydrogen-bond donors (Lipinski definition) is 1. The standard InChI is InChI=1S/C11H7ClF2N2O/c12-9-4-6(15)5-10(16-9)17-8-3-1-2-7(13)11(8)14/h1-5H,(H2,15,16). The largest absolute Gasteiger partial charge is 0.436 e. The van der Waals surface area contributed by atoms with Gasteiger partial charge in [0.05, 0.1) is 0 Å². The number of aromatic nitrogens is 1. The molecule has 0 radical (unpaired) electrons. The molecule has 88 valence electrons. The van der Waals surface area contributed by atoms with Crippen LogP contribution in [0.3, 0.4) is 0 Å². The van der Waals surface area contributed by atoms with Crippen molar-refractivity contribution in [1.29, 1.82) is 0 Å². The second-order valence-corrected chi connectivity index (χ2v) is 3.60. The first-order valence-corrected chi connectivity index (χ1v) is 4.99. The number of nitrogens with zero attached hydrogens (tertiary/aromatic N) is 1. The van der Waals surface area contributed by atoms with Crippen molar-refractivity contribution in [2.45, 2.75) is 0 Å². The number of hydrogen-bond acceptors (Lipinski definition) is 3. The lowest BCUT2D eigenvalue weighted by molar-refractivity contribution is 0.406. The topological polar surface area (TPSA) is 48.1 Å². The summed E-state index contributed by atoms with van der Waals surface area (Å²) in [5.74, 6) is -2.37. The molecular formula is C11H7ClF2N2O.